The Labute approximate surface area is 160 Å². The lowest BCUT2D eigenvalue weighted by Crippen LogP contribution is -2.19. The zero-order valence-electron chi connectivity index (χ0n) is 16.2. The van der Waals surface area contributed by atoms with E-state index < -0.39 is 14.0 Å². The summed E-state index contributed by atoms with van der Waals surface area (Å²) in [6.07, 6.45) is 3.44. The summed E-state index contributed by atoms with van der Waals surface area (Å²) in [7, 11) is -0.575. The highest BCUT2D eigenvalue weighted by atomic mass is 31.1. The summed E-state index contributed by atoms with van der Waals surface area (Å²) in [5.41, 5.74) is 6.85. The van der Waals surface area contributed by atoms with Gasteiger partial charge < -0.3 is 10.1 Å². The van der Waals surface area contributed by atoms with E-state index in [1.807, 2.05) is 48.9 Å². The van der Waals surface area contributed by atoms with Gasteiger partial charge in [0.15, 0.2) is 0 Å². The number of anilines is 1. The van der Waals surface area contributed by atoms with Crippen LogP contribution in [0.15, 0.2) is 24.3 Å². The van der Waals surface area contributed by atoms with E-state index >= 15 is 0 Å². The number of benzene rings is 1. The van der Waals surface area contributed by atoms with Crippen LogP contribution in [0, 0.1) is 13.8 Å². The minimum atomic E-state index is -0.771. The van der Waals surface area contributed by atoms with Crippen LogP contribution in [-0.4, -0.2) is 35.3 Å². The highest BCUT2D eigenvalue weighted by Gasteiger charge is 2.34. The number of hydrogen-bond donors (Lipinski definition) is 2. The van der Waals surface area contributed by atoms with Gasteiger partial charge in [-0.1, -0.05) is 18.2 Å². The van der Waals surface area contributed by atoms with Crippen LogP contribution in [0.3, 0.4) is 0 Å². The third kappa shape index (κ3) is 3.70. The maximum absolute atomic E-state index is 13.1. The first-order chi connectivity index (χ1) is 12.8. The molecule has 0 aliphatic carbocycles. The fourth-order valence-electron chi connectivity index (χ4n) is 3.66. The van der Waals surface area contributed by atoms with Crippen LogP contribution in [0.5, 0.6) is 0 Å². The quantitative estimate of drug-likeness (QED) is 0.565. The molecule has 142 valence electrons. The van der Waals surface area contributed by atoms with Gasteiger partial charge in [-0.15, -0.1) is 0 Å². The van der Waals surface area contributed by atoms with Gasteiger partial charge in [-0.05, 0) is 71.4 Å². The third-order valence-electron chi connectivity index (χ3n) is 4.98. The molecular weight excluding hydrogens is 359 g/mol. The number of carboxylic acid groups (broad SMARTS) is 1. The Morgan fingerprint density at radius 1 is 1.26 bits per heavy atom. The first-order valence-corrected chi connectivity index (χ1v) is 11.2. The van der Waals surface area contributed by atoms with Crippen molar-refractivity contribution in [3.63, 3.8) is 0 Å². The Kier molecular flexibility index (Phi) is 5.52. The monoisotopic (exact) mass is 384 g/mol. The summed E-state index contributed by atoms with van der Waals surface area (Å²) in [5, 5.41) is 8.86. The molecule has 1 amide bonds. The van der Waals surface area contributed by atoms with Crippen molar-refractivity contribution in [3.8, 4) is 0 Å². The molecule has 2 heterocycles. The van der Waals surface area contributed by atoms with E-state index in [0.717, 1.165) is 40.2 Å². The van der Waals surface area contributed by atoms with Crippen molar-refractivity contribution in [3.05, 3.63) is 52.3 Å². The van der Waals surface area contributed by atoms with Crippen molar-refractivity contribution in [2.75, 3.05) is 18.0 Å². The largest absolute Gasteiger partial charge is 0.481 e. The van der Waals surface area contributed by atoms with E-state index in [1.54, 1.807) is 0 Å². The number of carboxylic acids is 1. The first kappa shape index (κ1) is 19.4. The number of nitrogens with one attached hydrogen (secondary N) is 1. The maximum Gasteiger partial charge on any atom is 0.303 e. The van der Waals surface area contributed by atoms with Gasteiger partial charge in [0.2, 0.25) is 0 Å². The lowest BCUT2D eigenvalue weighted by atomic mass is 10.0. The number of hydrogen-bond acceptors (Lipinski definition) is 2. The third-order valence-corrected chi connectivity index (χ3v) is 6.18. The summed E-state index contributed by atoms with van der Waals surface area (Å²) in [6, 6.07) is 7.92. The molecule has 1 aliphatic rings. The molecular formula is C21H25N2O3P. The van der Waals surface area contributed by atoms with E-state index in [0.29, 0.717) is 12.0 Å². The topological polar surface area (TPSA) is 73.4 Å². The molecule has 2 N–H and O–H groups in total. The Hall–Kier alpha value is -2.39. The predicted octanol–water partition coefficient (Wildman–Crippen LogP) is 4.58. The second kappa shape index (κ2) is 7.69. The van der Waals surface area contributed by atoms with Gasteiger partial charge in [-0.25, -0.2) is 0 Å². The van der Waals surface area contributed by atoms with E-state index in [-0.39, 0.29) is 12.3 Å². The number of aliphatic carboxylic acids is 1. The fraction of sp³-hybridized carbons (Fsp3) is 0.333. The van der Waals surface area contributed by atoms with Gasteiger partial charge >= 0.3 is 5.97 Å². The predicted molar refractivity (Wildman–Crippen MR) is 111 cm³/mol. The number of carbonyl (C=O) groups excluding carboxylic acids is 1. The standard InChI is InChI=1S/C21H25N2O3P/c1-13-15(9-7-11-20(24)25)14(2)22-18(13)12-17-16-8-5-6-10-19(16)23(21(17)26)27(3)4/h5-6,8,10,12,22H,7,9,11H2,1-4H3,(H,24,25). The lowest BCUT2D eigenvalue weighted by molar-refractivity contribution is -0.137. The van der Waals surface area contributed by atoms with Gasteiger partial charge in [-0.2, -0.15) is 0 Å². The number of rotatable bonds is 6. The van der Waals surface area contributed by atoms with E-state index in [4.69, 9.17) is 5.11 Å². The molecule has 0 radical (unpaired) electrons. The number of carbonyl (C=O) groups is 2. The number of H-pyrrole nitrogens is 1. The first-order valence-electron chi connectivity index (χ1n) is 9.04. The van der Waals surface area contributed by atoms with E-state index in [2.05, 4.69) is 18.3 Å². The summed E-state index contributed by atoms with van der Waals surface area (Å²) in [5.74, 6) is -0.724. The molecule has 6 heteroatoms. The smallest absolute Gasteiger partial charge is 0.303 e. The Morgan fingerprint density at radius 3 is 2.63 bits per heavy atom. The molecule has 0 spiro atoms. The highest BCUT2D eigenvalue weighted by Crippen LogP contribution is 2.48. The number of aromatic amines is 1. The van der Waals surface area contributed by atoms with Crippen LogP contribution in [-0.2, 0) is 16.0 Å². The molecule has 1 aliphatic heterocycles. The number of para-hydroxylation sites is 1. The zero-order chi connectivity index (χ0) is 19.7. The molecule has 1 aromatic carbocycles. The molecule has 3 rings (SSSR count). The molecule has 1 aromatic heterocycles. The molecule has 5 nitrogen and oxygen atoms in total. The molecule has 0 bridgehead atoms. The minimum absolute atomic E-state index is 0.0476. The summed E-state index contributed by atoms with van der Waals surface area (Å²) in [4.78, 5) is 27.2. The SMILES string of the molecule is Cc1[nH]c(C=C2C(=O)N(P(C)C)c3ccccc32)c(C)c1CCCC(=O)O. The number of fused-ring (bicyclic) bond motifs is 1. The molecule has 0 atom stereocenters. The van der Waals surface area contributed by atoms with Crippen molar-refractivity contribution >= 4 is 37.3 Å². The average molecular weight is 384 g/mol. The van der Waals surface area contributed by atoms with Crippen molar-refractivity contribution in [2.24, 2.45) is 0 Å². The number of nitrogens with zero attached hydrogens (tertiary/aromatic N) is 1. The Balaban J connectivity index is 1.98. The minimum Gasteiger partial charge on any atom is -0.481 e. The second-order valence-corrected chi connectivity index (χ2v) is 9.15. The molecule has 2 aromatic rings. The average Bonchev–Trinajstić information content (AvgIpc) is 3.03. The van der Waals surface area contributed by atoms with Gasteiger partial charge in [0.25, 0.3) is 5.91 Å². The Bertz CT molecular complexity index is 928. The fourth-order valence-corrected chi connectivity index (χ4v) is 4.73. The molecule has 27 heavy (non-hydrogen) atoms. The molecule has 0 saturated carbocycles. The van der Waals surface area contributed by atoms with E-state index in [9.17, 15) is 9.59 Å². The van der Waals surface area contributed by atoms with Crippen LogP contribution in [0.25, 0.3) is 11.6 Å². The van der Waals surface area contributed by atoms with Gasteiger partial charge in [0.05, 0.1) is 11.3 Å². The van der Waals surface area contributed by atoms with Gasteiger partial charge in [-0.3, -0.25) is 14.3 Å². The maximum atomic E-state index is 13.1. The van der Waals surface area contributed by atoms with Crippen LogP contribution >= 0.6 is 8.07 Å². The second-order valence-electron chi connectivity index (χ2n) is 7.05. The summed E-state index contributed by atoms with van der Waals surface area (Å²) >= 11 is 0. The van der Waals surface area contributed by atoms with Crippen molar-refractivity contribution in [1.82, 2.24) is 4.98 Å². The lowest BCUT2D eigenvalue weighted by Gasteiger charge is -2.21. The molecule has 0 unspecified atom stereocenters. The molecule has 0 saturated heterocycles. The number of amides is 1. The van der Waals surface area contributed by atoms with Crippen LogP contribution in [0.4, 0.5) is 5.69 Å². The van der Waals surface area contributed by atoms with E-state index in [1.165, 1.54) is 0 Å². The normalized spacial score (nSPS) is 15.1. The highest BCUT2D eigenvalue weighted by molar-refractivity contribution is 7.59. The van der Waals surface area contributed by atoms with Gasteiger partial charge in [0, 0.05) is 23.4 Å². The summed E-state index contributed by atoms with van der Waals surface area (Å²) in [6.45, 7) is 8.19. The number of aryl methyl sites for hydroxylation is 1. The zero-order valence-corrected chi connectivity index (χ0v) is 17.1. The van der Waals surface area contributed by atoms with Crippen molar-refractivity contribution in [1.29, 1.82) is 0 Å². The van der Waals surface area contributed by atoms with Crippen molar-refractivity contribution in [2.45, 2.75) is 33.1 Å². The van der Waals surface area contributed by atoms with Crippen LogP contribution < -0.4 is 4.67 Å². The van der Waals surface area contributed by atoms with Crippen LogP contribution in [0.2, 0.25) is 0 Å². The van der Waals surface area contributed by atoms with Crippen LogP contribution in [0.1, 0.15) is 40.9 Å². The van der Waals surface area contributed by atoms with Crippen molar-refractivity contribution < 1.29 is 14.7 Å². The summed E-state index contributed by atoms with van der Waals surface area (Å²) < 4.78 is 1.90. The van der Waals surface area contributed by atoms with Gasteiger partial charge in [0.1, 0.15) is 0 Å². The Morgan fingerprint density at radius 2 is 1.96 bits per heavy atom. The number of aromatic nitrogens is 1. The molecule has 0 fully saturated rings.